The maximum absolute atomic E-state index is 13.3. The van der Waals surface area contributed by atoms with E-state index in [4.69, 9.17) is 14.7 Å². The summed E-state index contributed by atoms with van der Waals surface area (Å²) in [5.41, 5.74) is 4.08. The Balaban J connectivity index is 1.49. The number of carbonyl (C=O) groups excluding carboxylic acids is 1. The Hall–Kier alpha value is -3.96. The molecule has 198 valence electrons. The molecule has 0 bridgehead atoms. The highest BCUT2D eigenvalue weighted by atomic mass is 16.5. The third-order valence-electron chi connectivity index (χ3n) is 7.07. The summed E-state index contributed by atoms with van der Waals surface area (Å²) < 4.78 is 7.15. The smallest absolute Gasteiger partial charge is 0.251 e. The zero-order valence-electron chi connectivity index (χ0n) is 22.2. The van der Waals surface area contributed by atoms with Crippen LogP contribution in [0.3, 0.4) is 0 Å². The number of hydrogen-bond acceptors (Lipinski definition) is 9. The van der Waals surface area contributed by atoms with Gasteiger partial charge >= 0.3 is 0 Å². The van der Waals surface area contributed by atoms with Crippen LogP contribution in [-0.4, -0.2) is 92.3 Å². The molecule has 1 N–H and O–H groups in total. The Bertz CT molecular complexity index is 1400. The topological polar surface area (TPSA) is 114 Å². The molecule has 1 aliphatic rings. The fraction of sp³-hybridized carbons (Fsp3) is 0.407. The van der Waals surface area contributed by atoms with Crippen LogP contribution in [-0.2, 0) is 4.74 Å². The van der Waals surface area contributed by atoms with Gasteiger partial charge in [-0.1, -0.05) is 13.8 Å². The second-order valence-electron chi connectivity index (χ2n) is 9.41. The number of fused-ring (bicyclic) bond motifs is 1. The number of likely N-dealkylation sites (N-methyl/N-ethyl adjacent to an activating group) is 1. The predicted octanol–water partition coefficient (Wildman–Crippen LogP) is 2.54. The summed E-state index contributed by atoms with van der Waals surface area (Å²) in [5, 5.41) is 7.59. The number of nitrogens with zero attached hydrogens (tertiary/aromatic N) is 8. The van der Waals surface area contributed by atoms with Crippen molar-refractivity contribution in [1.82, 2.24) is 39.8 Å². The summed E-state index contributed by atoms with van der Waals surface area (Å²) in [6.07, 6.45) is 8.66. The normalized spacial score (nSPS) is 14.6. The lowest BCUT2D eigenvalue weighted by molar-refractivity contribution is 0.0783. The first-order valence-corrected chi connectivity index (χ1v) is 12.9. The van der Waals surface area contributed by atoms with E-state index >= 15 is 0 Å². The van der Waals surface area contributed by atoms with Crippen molar-refractivity contribution < 1.29 is 9.53 Å². The minimum absolute atomic E-state index is 0.135. The maximum atomic E-state index is 13.3. The molecule has 0 aromatic carbocycles. The van der Waals surface area contributed by atoms with E-state index in [9.17, 15) is 4.79 Å². The van der Waals surface area contributed by atoms with Crippen LogP contribution in [0.2, 0.25) is 0 Å². The van der Waals surface area contributed by atoms with E-state index in [2.05, 4.69) is 51.0 Å². The predicted molar refractivity (Wildman–Crippen MR) is 145 cm³/mol. The SMILES string of the molecule is CCN(CC)C(C)CNC(=O)c1cc(-c2cnn3ccc(-c4cncnc4)nc23)nc(N2CC(OC)C2)c1. The van der Waals surface area contributed by atoms with Gasteiger partial charge in [0.05, 0.1) is 29.3 Å². The summed E-state index contributed by atoms with van der Waals surface area (Å²) in [6, 6.07) is 5.76. The number of pyridine rings is 1. The molecular formula is C27H33N9O2. The standard InChI is InChI=1S/C27H33N9O2/c1-5-34(6-2)18(3)11-30-27(37)19-9-24(32-25(10-19)35-15-21(16-35)38-4)22-14-31-36-8-7-23(33-26(22)36)20-12-28-17-29-13-20/h7-10,12-14,17-18,21H,5-6,11,15-16H2,1-4H3,(H,30,37). The van der Waals surface area contributed by atoms with Gasteiger partial charge in [-0.3, -0.25) is 9.69 Å². The van der Waals surface area contributed by atoms with Crippen molar-refractivity contribution in [2.45, 2.75) is 32.9 Å². The first-order chi connectivity index (χ1) is 18.5. The van der Waals surface area contributed by atoms with Gasteiger partial charge in [-0.2, -0.15) is 5.10 Å². The highest BCUT2D eigenvalue weighted by Gasteiger charge is 2.29. The Morgan fingerprint density at radius 1 is 1.13 bits per heavy atom. The number of nitrogens with one attached hydrogen (secondary N) is 1. The number of anilines is 1. The Kier molecular flexibility index (Phi) is 7.57. The molecule has 5 rings (SSSR count). The largest absolute Gasteiger partial charge is 0.378 e. The molecule has 11 nitrogen and oxygen atoms in total. The highest BCUT2D eigenvalue weighted by Crippen LogP contribution is 2.29. The minimum Gasteiger partial charge on any atom is -0.378 e. The third-order valence-corrected chi connectivity index (χ3v) is 7.07. The molecule has 0 saturated carbocycles. The zero-order chi connectivity index (χ0) is 26.6. The second-order valence-corrected chi connectivity index (χ2v) is 9.41. The Labute approximate surface area is 221 Å². The van der Waals surface area contributed by atoms with Crippen molar-refractivity contribution in [3.05, 3.63) is 54.9 Å². The number of amides is 1. The fourth-order valence-electron chi connectivity index (χ4n) is 4.68. The van der Waals surface area contributed by atoms with Crippen LogP contribution in [0.4, 0.5) is 5.82 Å². The minimum atomic E-state index is -0.135. The van der Waals surface area contributed by atoms with Gasteiger partial charge in [0.25, 0.3) is 5.91 Å². The maximum Gasteiger partial charge on any atom is 0.251 e. The van der Waals surface area contributed by atoms with Crippen molar-refractivity contribution >= 4 is 17.4 Å². The molecule has 11 heteroatoms. The molecular weight excluding hydrogens is 482 g/mol. The molecule has 0 spiro atoms. The van der Waals surface area contributed by atoms with Crippen LogP contribution in [0.1, 0.15) is 31.1 Å². The van der Waals surface area contributed by atoms with E-state index < -0.39 is 0 Å². The van der Waals surface area contributed by atoms with Gasteiger partial charge in [-0.15, -0.1) is 0 Å². The third kappa shape index (κ3) is 5.20. The van der Waals surface area contributed by atoms with Crippen molar-refractivity contribution in [3.8, 4) is 22.5 Å². The van der Waals surface area contributed by atoms with Crippen LogP contribution in [0.25, 0.3) is 28.2 Å². The quantitative estimate of drug-likeness (QED) is 0.340. The van der Waals surface area contributed by atoms with E-state index in [-0.39, 0.29) is 18.1 Å². The van der Waals surface area contributed by atoms with E-state index in [1.165, 1.54) is 6.33 Å². The van der Waals surface area contributed by atoms with E-state index in [0.29, 0.717) is 23.4 Å². The molecule has 1 atom stereocenters. The Morgan fingerprint density at radius 3 is 2.61 bits per heavy atom. The molecule has 1 aliphatic heterocycles. The number of rotatable bonds is 10. The van der Waals surface area contributed by atoms with Gasteiger partial charge in [-0.05, 0) is 38.2 Å². The summed E-state index contributed by atoms with van der Waals surface area (Å²) in [7, 11) is 1.71. The van der Waals surface area contributed by atoms with Crippen molar-refractivity contribution in [3.63, 3.8) is 0 Å². The fourth-order valence-corrected chi connectivity index (χ4v) is 4.68. The average molecular weight is 516 g/mol. The summed E-state index contributed by atoms with van der Waals surface area (Å²) in [6.45, 7) is 10.3. The molecule has 1 amide bonds. The molecule has 1 saturated heterocycles. The van der Waals surface area contributed by atoms with Gasteiger partial charge in [0.1, 0.15) is 12.1 Å². The second kappa shape index (κ2) is 11.2. The molecule has 0 aliphatic carbocycles. The molecule has 1 unspecified atom stereocenters. The van der Waals surface area contributed by atoms with Crippen LogP contribution >= 0.6 is 0 Å². The lowest BCUT2D eigenvalue weighted by Crippen LogP contribution is -2.52. The highest BCUT2D eigenvalue weighted by molar-refractivity contribution is 5.96. The molecule has 4 aromatic heterocycles. The summed E-state index contributed by atoms with van der Waals surface area (Å²) in [5.74, 6) is 0.592. The van der Waals surface area contributed by atoms with Gasteiger partial charge in [-0.25, -0.2) is 24.5 Å². The van der Waals surface area contributed by atoms with Crippen molar-refractivity contribution in [2.24, 2.45) is 0 Å². The van der Waals surface area contributed by atoms with Crippen molar-refractivity contribution in [1.29, 1.82) is 0 Å². The van der Waals surface area contributed by atoms with E-state index in [1.54, 1.807) is 30.2 Å². The zero-order valence-corrected chi connectivity index (χ0v) is 22.2. The molecule has 1 fully saturated rings. The van der Waals surface area contributed by atoms with Crippen LogP contribution < -0.4 is 10.2 Å². The van der Waals surface area contributed by atoms with Gasteiger partial charge in [0.2, 0.25) is 0 Å². The van der Waals surface area contributed by atoms with E-state index in [1.807, 2.05) is 24.4 Å². The first-order valence-electron chi connectivity index (χ1n) is 12.9. The van der Waals surface area contributed by atoms with Gasteiger partial charge < -0.3 is 15.0 Å². The molecule has 38 heavy (non-hydrogen) atoms. The summed E-state index contributed by atoms with van der Waals surface area (Å²) in [4.78, 5) is 35.7. The molecule has 5 heterocycles. The van der Waals surface area contributed by atoms with Gasteiger partial charge in [0.15, 0.2) is 5.65 Å². The number of methoxy groups -OCH3 is 1. The van der Waals surface area contributed by atoms with Gasteiger partial charge in [0, 0.05) is 62.5 Å². The lowest BCUT2D eigenvalue weighted by Gasteiger charge is -2.39. The van der Waals surface area contributed by atoms with Crippen LogP contribution in [0.5, 0.6) is 0 Å². The average Bonchev–Trinajstić information content (AvgIpc) is 3.35. The number of carbonyl (C=O) groups is 1. The number of hydrogen-bond donors (Lipinski definition) is 1. The van der Waals surface area contributed by atoms with Crippen LogP contribution in [0.15, 0.2) is 49.3 Å². The van der Waals surface area contributed by atoms with E-state index in [0.717, 1.165) is 48.8 Å². The number of ether oxygens (including phenoxy) is 1. The molecule has 4 aromatic rings. The van der Waals surface area contributed by atoms with Crippen LogP contribution in [0, 0.1) is 0 Å². The number of aromatic nitrogens is 6. The van der Waals surface area contributed by atoms with Crippen molar-refractivity contribution in [2.75, 3.05) is 44.7 Å². The Morgan fingerprint density at radius 2 is 1.89 bits per heavy atom. The first kappa shape index (κ1) is 25.7. The molecule has 0 radical (unpaired) electrons. The summed E-state index contributed by atoms with van der Waals surface area (Å²) >= 11 is 0. The monoisotopic (exact) mass is 515 g/mol. The lowest BCUT2D eigenvalue weighted by atomic mass is 10.1.